The summed E-state index contributed by atoms with van der Waals surface area (Å²) < 4.78 is 19.6. The number of nitrogens with zero attached hydrogens (tertiary/aromatic N) is 2. The van der Waals surface area contributed by atoms with Gasteiger partial charge in [0.05, 0.1) is 24.4 Å². The first-order valence-electron chi connectivity index (χ1n) is 9.13. The van der Waals surface area contributed by atoms with Crippen molar-refractivity contribution in [3.05, 3.63) is 100 Å². The standard InChI is InChI=1S/C23H18ClFN2O2/c1-29-16-8-6-7-15(13-16)21-14-22(17-9-2-4-11-19(17)24)27(26-21)23(28)18-10-3-5-12-20(18)25/h2-13,22H,14H2,1H3. The van der Waals surface area contributed by atoms with Gasteiger partial charge in [0.2, 0.25) is 0 Å². The van der Waals surface area contributed by atoms with Crippen LogP contribution in [0.2, 0.25) is 5.02 Å². The van der Waals surface area contributed by atoms with Gasteiger partial charge in [0, 0.05) is 17.0 Å². The van der Waals surface area contributed by atoms with E-state index in [2.05, 4.69) is 5.10 Å². The lowest BCUT2D eigenvalue weighted by atomic mass is 9.98. The Morgan fingerprint density at radius 3 is 2.62 bits per heavy atom. The van der Waals surface area contributed by atoms with Crippen molar-refractivity contribution >= 4 is 23.2 Å². The zero-order valence-electron chi connectivity index (χ0n) is 15.7. The van der Waals surface area contributed by atoms with E-state index in [-0.39, 0.29) is 5.56 Å². The van der Waals surface area contributed by atoms with Crippen LogP contribution in [0.25, 0.3) is 0 Å². The number of carbonyl (C=O) groups is 1. The maximum Gasteiger partial charge on any atom is 0.277 e. The minimum absolute atomic E-state index is 0.0276. The van der Waals surface area contributed by atoms with E-state index in [0.29, 0.717) is 22.9 Å². The number of rotatable bonds is 4. The smallest absolute Gasteiger partial charge is 0.277 e. The van der Waals surface area contributed by atoms with Crippen molar-refractivity contribution in [1.82, 2.24) is 5.01 Å². The SMILES string of the molecule is COc1cccc(C2=NN(C(=O)c3ccccc3F)C(c3ccccc3Cl)C2)c1. The summed E-state index contributed by atoms with van der Waals surface area (Å²) in [5.74, 6) is -0.398. The quantitative estimate of drug-likeness (QED) is 0.573. The molecule has 6 heteroatoms. The highest BCUT2D eigenvalue weighted by Crippen LogP contribution is 2.37. The molecule has 1 aliphatic heterocycles. The second-order valence-electron chi connectivity index (χ2n) is 6.65. The molecule has 0 radical (unpaired) electrons. The number of ether oxygens (including phenoxy) is 1. The Labute approximate surface area is 173 Å². The van der Waals surface area contributed by atoms with Crippen LogP contribution in [0.5, 0.6) is 5.75 Å². The highest BCUT2D eigenvalue weighted by Gasteiger charge is 2.35. The molecule has 0 aromatic heterocycles. The van der Waals surface area contributed by atoms with Crippen LogP contribution in [-0.4, -0.2) is 23.7 Å². The van der Waals surface area contributed by atoms with E-state index in [0.717, 1.165) is 11.1 Å². The minimum Gasteiger partial charge on any atom is -0.497 e. The lowest BCUT2D eigenvalue weighted by Gasteiger charge is -2.23. The Morgan fingerprint density at radius 2 is 1.86 bits per heavy atom. The predicted molar refractivity (Wildman–Crippen MR) is 111 cm³/mol. The van der Waals surface area contributed by atoms with Gasteiger partial charge in [-0.25, -0.2) is 9.40 Å². The van der Waals surface area contributed by atoms with Gasteiger partial charge in [0.25, 0.3) is 5.91 Å². The van der Waals surface area contributed by atoms with Gasteiger partial charge in [-0.05, 0) is 35.9 Å². The molecule has 0 aliphatic carbocycles. The molecule has 0 N–H and O–H groups in total. The summed E-state index contributed by atoms with van der Waals surface area (Å²) >= 11 is 6.41. The summed E-state index contributed by atoms with van der Waals surface area (Å²) in [7, 11) is 1.59. The van der Waals surface area contributed by atoms with Crippen LogP contribution in [0.4, 0.5) is 4.39 Å². The highest BCUT2D eigenvalue weighted by atomic mass is 35.5. The zero-order chi connectivity index (χ0) is 20.4. The molecule has 0 saturated carbocycles. The fraction of sp³-hybridized carbons (Fsp3) is 0.130. The predicted octanol–water partition coefficient (Wildman–Crippen LogP) is 5.48. The van der Waals surface area contributed by atoms with E-state index in [1.165, 1.54) is 17.1 Å². The Balaban J connectivity index is 1.78. The molecule has 3 aromatic carbocycles. The molecule has 0 spiro atoms. The van der Waals surface area contributed by atoms with E-state index < -0.39 is 17.8 Å². The third kappa shape index (κ3) is 3.74. The Hall–Kier alpha value is -3.18. The molecular formula is C23H18ClFN2O2. The number of benzene rings is 3. The summed E-state index contributed by atoms with van der Waals surface area (Å²) in [6.45, 7) is 0. The average Bonchev–Trinajstić information content (AvgIpc) is 3.19. The third-order valence-corrected chi connectivity index (χ3v) is 5.23. The van der Waals surface area contributed by atoms with Crippen LogP contribution in [0.3, 0.4) is 0 Å². The fourth-order valence-electron chi connectivity index (χ4n) is 3.42. The Morgan fingerprint density at radius 1 is 1.10 bits per heavy atom. The van der Waals surface area contributed by atoms with Crippen molar-refractivity contribution in [3.63, 3.8) is 0 Å². The van der Waals surface area contributed by atoms with Gasteiger partial charge in [-0.15, -0.1) is 0 Å². The minimum atomic E-state index is -0.583. The molecular weight excluding hydrogens is 391 g/mol. The van der Waals surface area contributed by atoms with Crippen molar-refractivity contribution in [2.24, 2.45) is 5.10 Å². The molecule has 0 fully saturated rings. The van der Waals surface area contributed by atoms with Gasteiger partial charge in [-0.2, -0.15) is 5.10 Å². The van der Waals surface area contributed by atoms with Gasteiger partial charge < -0.3 is 4.74 Å². The maximum atomic E-state index is 14.3. The average molecular weight is 409 g/mol. The Bertz CT molecular complexity index is 1100. The summed E-state index contributed by atoms with van der Waals surface area (Å²) in [5.41, 5.74) is 2.28. The highest BCUT2D eigenvalue weighted by molar-refractivity contribution is 6.31. The number of hydrogen-bond acceptors (Lipinski definition) is 3. The molecule has 4 nitrogen and oxygen atoms in total. The number of amides is 1. The van der Waals surface area contributed by atoms with Crippen LogP contribution < -0.4 is 4.74 Å². The monoisotopic (exact) mass is 408 g/mol. The van der Waals surface area contributed by atoms with Gasteiger partial charge in [-0.1, -0.05) is 54.1 Å². The van der Waals surface area contributed by atoms with Crippen molar-refractivity contribution in [3.8, 4) is 5.75 Å². The summed E-state index contributed by atoms with van der Waals surface area (Å²) in [5, 5.41) is 6.43. The van der Waals surface area contributed by atoms with Crippen LogP contribution in [-0.2, 0) is 0 Å². The fourth-order valence-corrected chi connectivity index (χ4v) is 3.68. The Kier molecular flexibility index (Phi) is 5.32. The van der Waals surface area contributed by atoms with E-state index in [4.69, 9.17) is 16.3 Å². The number of hydrazone groups is 1. The largest absolute Gasteiger partial charge is 0.497 e. The molecule has 1 aliphatic rings. The van der Waals surface area contributed by atoms with E-state index in [9.17, 15) is 9.18 Å². The molecule has 3 aromatic rings. The van der Waals surface area contributed by atoms with Crippen molar-refractivity contribution in [2.75, 3.05) is 7.11 Å². The molecule has 1 amide bonds. The molecule has 4 rings (SSSR count). The topological polar surface area (TPSA) is 41.9 Å². The van der Waals surface area contributed by atoms with Crippen LogP contribution in [0.1, 0.15) is 33.9 Å². The van der Waals surface area contributed by atoms with Gasteiger partial charge >= 0.3 is 0 Å². The van der Waals surface area contributed by atoms with E-state index in [1.807, 2.05) is 42.5 Å². The summed E-state index contributed by atoms with van der Waals surface area (Å²) in [6, 6.07) is 20.3. The summed E-state index contributed by atoms with van der Waals surface area (Å²) in [4.78, 5) is 13.2. The molecule has 29 heavy (non-hydrogen) atoms. The first kappa shape index (κ1) is 19.2. The van der Waals surface area contributed by atoms with Gasteiger partial charge in [0.15, 0.2) is 0 Å². The maximum absolute atomic E-state index is 14.3. The molecule has 0 bridgehead atoms. The van der Waals surface area contributed by atoms with Gasteiger partial charge in [0.1, 0.15) is 11.6 Å². The van der Waals surface area contributed by atoms with Crippen molar-refractivity contribution in [1.29, 1.82) is 0 Å². The second kappa shape index (κ2) is 8.05. The van der Waals surface area contributed by atoms with Crippen LogP contribution in [0, 0.1) is 5.82 Å². The van der Waals surface area contributed by atoms with Crippen LogP contribution >= 0.6 is 11.6 Å². The van der Waals surface area contributed by atoms with Crippen molar-refractivity contribution in [2.45, 2.75) is 12.5 Å². The zero-order valence-corrected chi connectivity index (χ0v) is 16.4. The van der Waals surface area contributed by atoms with E-state index in [1.54, 1.807) is 25.3 Å². The molecule has 1 atom stereocenters. The van der Waals surface area contributed by atoms with E-state index >= 15 is 0 Å². The first-order valence-corrected chi connectivity index (χ1v) is 9.50. The second-order valence-corrected chi connectivity index (χ2v) is 7.06. The van der Waals surface area contributed by atoms with Crippen molar-refractivity contribution < 1.29 is 13.9 Å². The molecule has 146 valence electrons. The lowest BCUT2D eigenvalue weighted by Crippen LogP contribution is -2.28. The lowest BCUT2D eigenvalue weighted by molar-refractivity contribution is 0.0706. The summed E-state index contributed by atoms with van der Waals surface area (Å²) in [6.07, 6.45) is 0.455. The molecule has 1 unspecified atom stereocenters. The number of carbonyl (C=O) groups excluding carboxylic acids is 1. The number of halogens is 2. The number of hydrogen-bond donors (Lipinski definition) is 0. The normalized spacial score (nSPS) is 15.9. The molecule has 1 heterocycles. The number of methoxy groups -OCH3 is 1. The van der Waals surface area contributed by atoms with Crippen LogP contribution in [0.15, 0.2) is 77.9 Å². The van der Waals surface area contributed by atoms with Gasteiger partial charge in [-0.3, -0.25) is 4.79 Å². The molecule has 0 saturated heterocycles. The first-order chi connectivity index (χ1) is 14.1. The third-order valence-electron chi connectivity index (χ3n) is 4.89.